The molecule has 0 unspecified atom stereocenters. The summed E-state index contributed by atoms with van der Waals surface area (Å²) in [6, 6.07) is 0.599. The van der Waals surface area contributed by atoms with Gasteiger partial charge in [-0.05, 0) is 47.2 Å². The molecule has 0 bridgehead atoms. The molecule has 0 atom stereocenters. The van der Waals surface area contributed by atoms with Crippen LogP contribution in [-0.4, -0.2) is 92.8 Å². The van der Waals surface area contributed by atoms with Crippen LogP contribution in [-0.2, 0) is 4.74 Å². The lowest BCUT2D eigenvalue weighted by molar-refractivity contribution is 0.0914. The van der Waals surface area contributed by atoms with Gasteiger partial charge in [-0.3, -0.25) is 4.99 Å². The number of hydrogen-bond donors (Lipinski definition) is 1. The number of aliphatic imine (C=N–C) groups is 1. The predicted molar refractivity (Wildman–Crippen MR) is 114 cm³/mol. The summed E-state index contributed by atoms with van der Waals surface area (Å²) in [6.07, 6.45) is 2.09. The minimum atomic E-state index is -0.214. The minimum absolute atomic E-state index is 0. The molecule has 0 spiro atoms. The number of nitrogens with one attached hydrogen (secondary N) is 1. The number of carbonyl (C=O) groups is 1. The van der Waals surface area contributed by atoms with Crippen LogP contribution < -0.4 is 5.32 Å². The monoisotopic (exact) mass is 469 g/mol. The third-order valence-electron chi connectivity index (χ3n) is 4.42. The van der Waals surface area contributed by atoms with Gasteiger partial charge in [0.2, 0.25) is 0 Å². The van der Waals surface area contributed by atoms with E-state index in [1.165, 1.54) is 6.42 Å². The summed E-state index contributed by atoms with van der Waals surface area (Å²) >= 11 is 0. The summed E-state index contributed by atoms with van der Waals surface area (Å²) < 4.78 is 5.05. The van der Waals surface area contributed by atoms with Crippen molar-refractivity contribution in [3.05, 3.63) is 0 Å². The molecule has 1 aliphatic rings. The standard InChI is InChI=1S/C17H35N5O2.HI/c1-6-24-17(23)22-13-11-21(12-14-22)16(18-4)19-9-7-8-10-20(5)15(2)3;/h15H,6-14H2,1-5H3,(H,18,19);1H. The zero-order chi connectivity index (χ0) is 17.9. The smallest absolute Gasteiger partial charge is 0.409 e. The number of piperazine rings is 1. The highest BCUT2D eigenvalue weighted by molar-refractivity contribution is 14.0. The molecule has 0 aromatic carbocycles. The van der Waals surface area contributed by atoms with Gasteiger partial charge in [-0.2, -0.15) is 0 Å². The Bertz CT molecular complexity index is 398. The van der Waals surface area contributed by atoms with Gasteiger partial charge in [-0.25, -0.2) is 4.79 Å². The van der Waals surface area contributed by atoms with Crippen molar-refractivity contribution in [2.45, 2.75) is 39.7 Å². The predicted octanol–water partition coefficient (Wildman–Crippen LogP) is 2.07. The summed E-state index contributed by atoms with van der Waals surface area (Å²) in [4.78, 5) is 22.4. The van der Waals surface area contributed by atoms with Crippen molar-refractivity contribution in [1.82, 2.24) is 20.0 Å². The van der Waals surface area contributed by atoms with Crippen molar-refractivity contribution in [2.24, 2.45) is 4.99 Å². The van der Waals surface area contributed by atoms with Crippen molar-refractivity contribution in [3.63, 3.8) is 0 Å². The molecule has 25 heavy (non-hydrogen) atoms. The second kappa shape index (κ2) is 13.4. The van der Waals surface area contributed by atoms with Crippen LogP contribution >= 0.6 is 24.0 Å². The Kier molecular flexibility index (Phi) is 13.0. The van der Waals surface area contributed by atoms with Gasteiger partial charge in [0.1, 0.15) is 0 Å². The first-order chi connectivity index (χ1) is 11.5. The molecule has 0 aromatic heterocycles. The molecule has 1 N–H and O–H groups in total. The van der Waals surface area contributed by atoms with Crippen LogP contribution in [0.5, 0.6) is 0 Å². The Morgan fingerprint density at radius 2 is 1.80 bits per heavy atom. The quantitative estimate of drug-likeness (QED) is 0.268. The van der Waals surface area contributed by atoms with Gasteiger partial charge in [0.25, 0.3) is 0 Å². The normalized spacial score (nSPS) is 15.4. The van der Waals surface area contributed by atoms with Crippen molar-refractivity contribution in [2.75, 3.05) is 60.0 Å². The fraction of sp³-hybridized carbons (Fsp3) is 0.882. The van der Waals surface area contributed by atoms with Gasteiger partial charge in [-0.15, -0.1) is 24.0 Å². The SMILES string of the molecule is CCOC(=O)N1CCN(C(=NC)NCCCCN(C)C(C)C)CC1.I. The molecule has 1 amide bonds. The molecular weight excluding hydrogens is 433 g/mol. The summed E-state index contributed by atoms with van der Waals surface area (Å²) in [7, 11) is 3.98. The Labute approximate surface area is 170 Å². The molecule has 1 rings (SSSR count). The van der Waals surface area contributed by atoms with Gasteiger partial charge in [0.15, 0.2) is 5.96 Å². The Morgan fingerprint density at radius 3 is 2.32 bits per heavy atom. The Morgan fingerprint density at radius 1 is 1.20 bits per heavy atom. The van der Waals surface area contributed by atoms with Crippen LogP contribution in [0.25, 0.3) is 0 Å². The average molecular weight is 469 g/mol. The maximum atomic E-state index is 11.7. The molecule has 0 saturated carbocycles. The first-order valence-electron chi connectivity index (χ1n) is 9.07. The summed E-state index contributed by atoms with van der Waals surface area (Å²) in [5.74, 6) is 0.927. The Hall–Kier alpha value is -0.770. The first-order valence-corrected chi connectivity index (χ1v) is 9.07. The first kappa shape index (κ1) is 24.2. The van der Waals surface area contributed by atoms with Gasteiger partial charge >= 0.3 is 6.09 Å². The van der Waals surface area contributed by atoms with Crippen molar-refractivity contribution in [3.8, 4) is 0 Å². The summed E-state index contributed by atoms with van der Waals surface area (Å²) in [5.41, 5.74) is 0. The number of rotatable bonds is 7. The number of nitrogens with zero attached hydrogens (tertiary/aromatic N) is 4. The van der Waals surface area contributed by atoms with Crippen LogP contribution in [0.4, 0.5) is 4.79 Å². The van der Waals surface area contributed by atoms with Crippen LogP contribution in [0, 0.1) is 0 Å². The van der Waals surface area contributed by atoms with E-state index in [1.54, 1.807) is 4.90 Å². The molecule has 148 valence electrons. The molecular formula is C17H36IN5O2. The number of amides is 1. The van der Waals surface area contributed by atoms with Crippen LogP contribution in [0.3, 0.4) is 0 Å². The third kappa shape index (κ3) is 8.94. The van der Waals surface area contributed by atoms with E-state index in [-0.39, 0.29) is 30.1 Å². The number of guanidine groups is 1. The highest BCUT2D eigenvalue weighted by atomic mass is 127. The highest BCUT2D eigenvalue weighted by Gasteiger charge is 2.23. The van der Waals surface area contributed by atoms with Gasteiger partial charge < -0.3 is 24.8 Å². The molecule has 7 nitrogen and oxygen atoms in total. The van der Waals surface area contributed by atoms with E-state index in [0.717, 1.165) is 38.6 Å². The number of carbonyl (C=O) groups excluding carboxylic acids is 1. The Balaban J connectivity index is 0.00000576. The van der Waals surface area contributed by atoms with Crippen molar-refractivity contribution < 1.29 is 9.53 Å². The van der Waals surface area contributed by atoms with Crippen molar-refractivity contribution in [1.29, 1.82) is 0 Å². The number of unbranched alkanes of at least 4 members (excludes halogenated alkanes) is 1. The molecule has 8 heteroatoms. The zero-order valence-electron chi connectivity index (χ0n) is 16.5. The second-order valence-corrected chi connectivity index (χ2v) is 6.43. The molecule has 1 heterocycles. The second-order valence-electron chi connectivity index (χ2n) is 6.43. The van der Waals surface area contributed by atoms with Crippen LogP contribution in [0.2, 0.25) is 0 Å². The van der Waals surface area contributed by atoms with Crippen LogP contribution in [0.1, 0.15) is 33.6 Å². The zero-order valence-corrected chi connectivity index (χ0v) is 18.8. The van der Waals surface area contributed by atoms with Gasteiger partial charge in [0, 0.05) is 45.8 Å². The van der Waals surface area contributed by atoms with E-state index in [4.69, 9.17) is 4.74 Å². The van der Waals surface area contributed by atoms with Crippen molar-refractivity contribution >= 4 is 36.0 Å². The summed E-state index contributed by atoms with van der Waals surface area (Å²) in [6.45, 7) is 11.7. The maximum Gasteiger partial charge on any atom is 0.409 e. The molecule has 0 aromatic rings. The van der Waals surface area contributed by atoms with E-state index in [2.05, 4.69) is 41.0 Å². The fourth-order valence-electron chi connectivity index (χ4n) is 2.59. The third-order valence-corrected chi connectivity index (χ3v) is 4.42. The van der Waals surface area contributed by atoms with E-state index in [9.17, 15) is 4.79 Å². The van der Waals surface area contributed by atoms with Crippen LogP contribution in [0.15, 0.2) is 4.99 Å². The number of ether oxygens (including phenoxy) is 1. The van der Waals surface area contributed by atoms with Gasteiger partial charge in [-0.1, -0.05) is 0 Å². The lowest BCUT2D eigenvalue weighted by atomic mass is 10.2. The summed E-state index contributed by atoms with van der Waals surface area (Å²) in [5, 5.41) is 3.43. The lowest BCUT2D eigenvalue weighted by Gasteiger charge is -2.35. The van der Waals surface area contributed by atoms with E-state index >= 15 is 0 Å². The van der Waals surface area contributed by atoms with Gasteiger partial charge in [0.05, 0.1) is 6.61 Å². The molecule has 1 saturated heterocycles. The van der Waals surface area contributed by atoms with E-state index in [1.807, 2.05) is 14.0 Å². The fourth-order valence-corrected chi connectivity index (χ4v) is 2.59. The molecule has 0 aliphatic carbocycles. The highest BCUT2D eigenvalue weighted by Crippen LogP contribution is 2.04. The van der Waals surface area contributed by atoms with E-state index < -0.39 is 0 Å². The molecule has 0 radical (unpaired) electrons. The number of halogens is 1. The average Bonchev–Trinajstić information content (AvgIpc) is 2.58. The maximum absolute atomic E-state index is 11.7. The molecule has 1 aliphatic heterocycles. The minimum Gasteiger partial charge on any atom is -0.450 e. The molecule has 1 fully saturated rings. The number of hydrogen-bond acceptors (Lipinski definition) is 4. The van der Waals surface area contributed by atoms with E-state index in [0.29, 0.717) is 25.7 Å². The largest absolute Gasteiger partial charge is 0.450 e. The lowest BCUT2D eigenvalue weighted by Crippen LogP contribution is -2.54. The topological polar surface area (TPSA) is 60.4 Å².